The molecule has 0 N–H and O–H groups in total. The maximum absolute atomic E-state index is 2.61. The number of hydrogen-bond acceptors (Lipinski definition) is 1. The van der Waals surface area contributed by atoms with Crippen LogP contribution >= 0.6 is 0 Å². The average Bonchev–Trinajstić information content (AvgIpc) is 3.51. The standard InChI is InChI=1S/C50H38N2/c1-49(2)41-19-11-18-39-40-29-35(30-44-47(40)52(46(39)41)48-42(49)20-12-21-43(48)50(44,3)4)33-23-24-34-28-37(26-25-32(34)27-33)51(36-15-6-5-7-16-36)45-22-10-14-31-13-8-9-17-38(31)45/h5-30H,1-4H3. The van der Waals surface area contributed by atoms with Crippen molar-refractivity contribution < 1.29 is 0 Å². The van der Waals surface area contributed by atoms with Crippen molar-refractivity contribution in [2.45, 2.75) is 38.5 Å². The van der Waals surface area contributed by atoms with E-state index in [4.69, 9.17) is 0 Å². The van der Waals surface area contributed by atoms with E-state index in [9.17, 15) is 0 Å². The molecule has 2 heteroatoms. The third-order valence-corrected chi connectivity index (χ3v) is 12.3. The fourth-order valence-electron chi connectivity index (χ4n) is 9.61. The van der Waals surface area contributed by atoms with Crippen LogP contribution in [0.15, 0.2) is 158 Å². The number of fused-ring (bicyclic) bond motifs is 3. The van der Waals surface area contributed by atoms with E-state index in [1.807, 2.05) is 0 Å². The summed E-state index contributed by atoms with van der Waals surface area (Å²) in [5, 5.41) is 7.62. The Kier molecular flexibility index (Phi) is 5.83. The number of rotatable bonds is 4. The normalized spacial score (nSPS) is 14.8. The van der Waals surface area contributed by atoms with Crippen molar-refractivity contribution in [2.75, 3.05) is 4.90 Å². The zero-order chi connectivity index (χ0) is 34.9. The first-order valence-electron chi connectivity index (χ1n) is 18.4. The average molecular weight is 667 g/mol. The van der Waals surface area contributed by atoms with E-state index < -0.39 is 0 Å². The molecule has 9 aromatic rings. The van der Waals surface area contributed by atoms with Crippen molar-refractivity contribution in [3.05, 3.63) is 180 Å². The van der Waals surface area contributed by atoms with Gasteiger partial charge in [-0.05, 0) is 98.1 Å². The lowest BCUT2D eigenvalue weighted by Gasteiger charge is -2.42. The minimum Gasteiger partial charge on any atom is -0.310 e. The number of hydrogen-bond donors (Lipinski definition) is 0. The van der Waals surface area contributed by atoms with Crippen LogP contribution in [0.4, 0.5) is 17.1 Å². The SMILES string of the molecule is CC1(C)c2cccc3c2-n2c4c1cccc4c1cc(-c4ccc5cc(N(c6ccccc6)c6cccc7ccccc67)ccc5c4)cc(c12)C3(C)C. The third kappa shape index (κ3) is 3.84. The predicted molar refractivity (Wildman–Crippen MR) is 220 cm³/mol. The fourth-order valence-corrected chi connectivity index (χ4v) is 9.61. The van der Waals surface area contributed by atoms with E-state index in [0.717, 1.165) is 11.4 Å². The number of benzene rings is 8. The Bertz CT molecular complexity index is 2950. The Morgan fingerprint density at radius 3 is 1.88 bits per heavy atom. The molecule has 52 heavy (non-hydrogen) atoms. The van der Waals surface area contributed by atoms with Gasteiger partial charge in [0.25, 0.3) is 0 Å². The van der Waals surface area contributed by atoms with Crippen molar-refractivity contribution in [3.63, 3.8) is 0 Å². The third-order valence-electron chi connectivity index (χ3n) is 12.3. The van der Waals surface area contributed by atoms with Crippen LogP contribution < -0.4 is 4.90 Å². The highest BCUT2D eigenvalue weighted by Gasteiger charge is 2.43. The van der Waals surface area contributed by atoms with Gasteiger partial charge >= 0.3 is 0 Å². The zero-order valence-electron chi connectivity index (χ0n) is 29.9. The molecule has 0 atom stereocenters. The highest BCUT2D eigenvalue weighted by molar-refractivity contribution is 6.15. The van der Waals surface area contributed by atoms with Crippen LogP contribution in [0, 0.1) is 0 Å². The minimum absolute atomic E-state index is 0.0768. The largest absolute Gasteiger partial charge is 0.310 e. The van der Waals surface area contributed by atoms with Gasteiger partial charge in [-0.1, -0.05) is 137 Å². The highest BCUT2D eigenvalue weighted by Crippen LogP contribution is 2.55. The van der Waals surface area contributed by atoms with E-state index in [0.29, 0.717) is 0 Å². The first kappa shape index (κ1) is 29.6. The summed E-state index contributed by atoms with van der Waals surface area (Å²) in [5.74, 6) is 0. The number of para-hydroxylation sites is 3. The predicted octanol–water partition coefficient (Wildman–Crippen LogP) is 13.5. The van der Waals surface area contributed by atoms with E-state index in [2.05, 4.69) is 195 Å². The van der Waals surface area contributed by atoms with E-state index in [-0.39, 0.29) is 10.8 Å². The summed E-state index contributed by atoms with van der Waals surface area (Å²) in [5.41, 5.74) is 15.5. The molecule has 248 valence electrons. The summed E-state index contributed by atoms with van der Waals surface area (Å²) in [6.45, 7) is 9.63. The van der Waals surface area contributed by atoms with Crippen LogP contribution in [0.2, 0.25) is 0 Å². The van der Waals surface area contributed by atoms with Gasteiger partial charge in [-0.15, -0.1) is 0 Å². The number of anilines is 3. The molecule has 0 amide bonds. The Labute approximate surface area is 304 Å². The van der Waals surface area contributed by atoms with E-state index in [1.54, 1.807) is 0 Å². The molecule has 0 fully saturated rings. The number of nitrogens with zero attached hydrogens (tertiary/aromatic N) is 2. The van der Waals surface area contributed by atoms with E-state index in [1.165, 1.54) is 88.1 Å². The lowest BCUT2D eigenvalue weighted by molar-refractivity contribution is 0.594. The zero-order valence-corrected chi connectivity index (χ0v) is 29.9. The van der Waals surface area contributed by atoms with E-state index >= 15 is 0 Å². The van der Waals surface area contributed by atoms with Crippen LogP contribution in [0.5, 0.6) is 0 Å². The molecule has 0 spiro atoms. The molecule has 11 rings (SSSR count). The van der Waals surface area contributed by atoms with Gasteiger partial charge in [-0.3, -0.25) is 0 Å². The monoisotopic (exact) mass is 666 g/mol. The quantitative estimate of drug-likeness (QED) is 0.181. The maximum atomic E-state index is 2.61. The molecule has 0 saturated carbocycles. The summed E-state index contributed by atoms with van der Waals surface area (Å²) in [7, 11) is 0. The Morgan fingerprint density at radius 2 is 1.04 bits per heavy atom. The van der Waals surface area contributed by atoms with Gasteiger partial charge in [0.15, 0.2) is 0 Å². The highest BCUT2D eigenvalue weighted by atomic mass is 15.1. The molecule has 3 heterocycles. The van der Waals surface area contributed by atoms with Crippen molar-refractivity contribution in [1.29, 1.82) is 0 Å². The van der Waals surface area contributed by atoms with Crippen molar-refractivity contribution in [1.82, 2.24) is 4.57 Å². The molecule has 0 bridgehead atoms. The van der Waals surface area contributed by atoms with Gasteiger partial charge < -0.3 is 9.47 Å². The molecular formula is C50H38N2. The van der Waals surface area contributed by atoms with Gasteiger partial charge in [0.2, 0.25) is 0 Å². The second-order valence-electron chi connectivity index (χ2n) is 15.8. The van der Waals surface area contributed by atoms with Gasteiger partial charge in [0, 0.05) is 38.4 Å². The van der Waals surface area contributed by atoms with Gasteiger partial charge in [0.1, 0.15) is 0 Å². The first-order chi connectivity index (χ1) is 25.3. The van der Waals surface area contributed by atoms with Crippen molar-refractivity contribution in [2.24, 2.45) is 0 Å². The van der Waals surface area contributed by atoms with Crippen LogP contribution in [-0.4, -0.2) is 4.57 Å². The Hall–Kier alpha value is -6.12. The summed E-state index contributed by atoms with van der Waals surface area (Å²) >= 11 is 0. The smallest absolute Gasteiger partial charge is 0.0582 e. The maximum Gasteiger partial charge on any atom is 0.0582 e. The van der Waals surface area contributed by atoms with Crippen LogP contribution in [0.3, 0.4) is 0 Å². The topological polar surface area (TPSA) is 8.17 Å². The van der Waals surface area contributed by atoms with Gasteiger partial charge in [-0.25, -0.2) is 0 Å². The number of aromatic nitrogens is 1. The molecule has 2 aliphatic heterocycles. The molecule has 2 nitrogen and oxygen atoms in total. The summed E-state index contributed by atoms with van der Waals surface area (Å²) in [4.78, 5) is 2.39. The second-order valence-corrected chi connectivity index (χ2v) is 15.8. The Balaban J connectivity index is 1.10. The fraction of sp³-hybridized carbons (Fsp3) is 0.120. The molecule has 8 aromatic carbocycles. The van der Waals surface area contributed by atoms with Crippen LogP contribution in [0.25, 0.3) is 60.2 Å². The molecule has 0 unspecified atom stereocenters. The van der Waals surface area contributed by atoms with Crippen molar-refractivity contribution in [3.8, 4) is 16.8 Å². The minimum atomic E-state index is -0.147. The lowest BCUT2D eigenvalue weighted by atomic mass is 9.68. The summed E-state index contributed by atoms with van der Waals surface area (Å²) < 4.78 is 2.61. The molecule has 2 aliphatic rings. The molecule has 0 radical (unpaired) electrons. The molecule has 1 aromatic heterocycles. The molecule has 0 aliphatic carbocycles. The van der Waals surface area contributed by atoms with Crippen molar-refractivity contribution >= 4 is 60.4 Å². The first-order valence-corrected chi connectivity index (χ1v) is 18.4. The summed E-state index contributed by atoms with van der Waals surface area (Å²) in [6.07, 6.45) is 0. The molecule has 0 saturated heterocycles. The summed E-state index contributed by atoms with van der Waals surface area (Å²) in [6, 6.07) is 58.7. The van der Waals surface area contributed by atoms with Crippen LogP contribution in [0.1, 0.15) is 49.9 Å². The lowest BCUT2D eigenvalue weighted by Crippen LogP contribution is -2.33. The van der Waals surface area contributed by atoms with Crippen LogP contribution in [-0.2, 0) is 10.8 Å². The molecular weight excluding hydrogens is 629 g/mol. The van der Waals surface area contributed by atoms with Gasteiger partial charge in [-0.2, -0.15) is 0 Å². The Morgan fingerprint density at radius 1 is 0.404 bits per heavy atom. The van der Waals surface area contributed by atoms with Gasteiger partial charge in [0.05, 0.1) is 22.4 Å². The second kappa shape index (κ2) is 10.2.